The van der Waals surface area contributed by atoms with Gasteiger partial charge in [0.05, 0.1) is 13.0 Å². The lowest BCUT2D eigenvalue weighted by molar-refractivity contribution is -0.117. The van der Waals surface area contributed by atoms with E-state index in [1.807, 2.05) is 30.3 Å². The van der Waals surface area contributed by atoms with Crippen molar-refractivity contribution in [2.45, 2.75) is 25.0 Å². The molecule has 1 aromatic rings. The van der Waals surface area contributed by atoms with Crippen LogP contribution in [0.15, 0.2) is 35.3 Å². The first-order valence-corrected chi connectivity index (χ1v) is 6.65. The Kier molecular flexibility index (Phi) is 4.20. The van der Waals surface area contributed by atoms with Crippen LogP contribution in [0.1, 0.15) is 18.9 Å². The van der Waals surface area contributed by atoms with E-state index in [2.05, 4.69) is 17.2 Å². The lowest BCUT2D eigenvalue weighted by Gasteiger charge is -1.98. The van der Waals surface area contributed by atoms with Crippen LogP contribution in [-0.2, 0) is 11.2 Å². The SMILES string of the molecule is CCC1C[N]C(=NC(=O)Cc2ccccc2)S1. The van der Waals surface area contributed by atoms with Crippen LogP contribution in [0.3, 0.4) is 0 Å². The standard InChI is InChI=1S/C13H15N2OS/c1-2-11-9-14-13(17-11)15-12(16)8-10-6-4-3-5-7-10/h3-7,11H,2,8-9H2,1H3. The van der Waals surface area contributed by atoms with Crippen molar-refractivity contribution in [3.63, 3.8) is 0 Å². The van der Waals surface area contributed by atoms with Gasteiger partial charge in [0.1, 0.15) is 0 Å². The Morgan fingerprint density at radius 2 is 2.24 bits per heavy atom. The fraction of sp³-hybridized carbons (Fsp3) is 0.385. The maximum Gasteiger partial charge on any atom is 0.252 e. The van der Waals surface area contributed by atoms with E-state index in [1.165, 1.54) is 0 Å². The minimum absolute atomic E-state index is 0.112. The van der Waals surface area contributed by atoms with Gasteiger partial charge in [-0.2, -0.15) is 4.99 Å². The van der Waals surface area contributed by atoms with Gasteiger partial charge in [0.2, 0.25) is 0 Å². The summed E-state index contributed by atoms with van der Waals surface area (Å²) in [6.07, 6.45) is 1.43. The van der Waals surface area contributed by atoms with Gasteiger partial charge in [0.25, 0.3) is 5.91 Å². The van der Waals surface area contributed by atoms with Gasteiger partial charge in [0, 0.05) is 5.25 Å². The van der Waals surface area contributed by atoms with Crippen molar-refractivity contribution >= 4 is 22.8 Å². The van der Waals surface area contributed by atoms with E-state index in [-0.39, 0.29) is 5.91 Å². The minimum atomic E-state index is -0.112. The number of hydrogen-bond acceptors (Lipinski definition) is 2. The molecule has 89 valence electrons. The highest BCUT2D eigenvalue weighted by molar-refractivity contribution is 8.14. The Morgan fingerprint density at radius 1 is 1.47 bits per heavy atom. The number of carbonyl (C=O) groups is 1. The van der Waals surface area contributed by atoms with Crippen molar-refractivity contribution in [1.29, 1.82) is 0 Å². The van der Waals surface area contributed by atoms with Gasteiger partial charge in [0.15, 0.2) is 5.17 Å². The van der Waals surface area contributed by atoms with Crippen molar-refractivity contribution in [3.8, 4) is 0 Å². The zero-order valence-electron chi connectivity index (χ0n) is 9.80. The third kappa shape index (κ3) is 3.60. The summed E-state index contributed by atoms with van der Waals surface area (Å²) in [6.45, 7) is 2.92. The van der Waals surface area contributed by atoms with E-state index in [0.29, 0.717) is 16.8 Å². The molecule has 0 spiro atoms. The van der Waals surface area contributed by atoms with Crippen LogP contribution < -0.4 is 5.32 Å². The molecule has 1 aliphatic heterocycles. The fourth-order valence-corrected chi connectivity index (χ4v) is 2.51. The molecule has 1 radical (unpaired) electrons. The first kappa shape index (κ1) is 12.2. The summed E-state index contributed by atoms with van der Waals surface area (Å²) >= 11 is 1.61. The molecule has 1 heterocycles. The summed E-state index contributed by atoms with van der Waals surface area (Å²) in [4.78, 5) is 15.7. The third-order valence-electron chi connectivity index (χ3n) is 2.58. The summed E-state index contributed by atoms with van der Waals surface area (Å²) in [7, 11) is 0. The molecule has 0 saturated carbocycles. The van der Waals surface area contributed by atoms with Crippen LogP contribution in [0.4, 0.5) is 0 Å². The summed E-state index contributed by atoms with van der Waals surface area (Å²) in [5.74, 6) is -0.112. The molecule has 1 aliphatic rings. The molecule has 0 N–H and O–H groups in total. The minimum Gasteiger partial charge on any atom is -0.272 e. The van der Waals surface area contributed by atoms with E-state index in [4.69, 9.17) is 0 Å². The molecular weight excluding hydrogens is 232 g/mol. The first-order valence-electron chi connectivity index (χ1n) is 5.77. The number of benzene rings is 1. The topological polar surface area (TPSA) is 43.5 Å². The second kappa shape index (κ2) is 5.87. The van der Waals surface area contributed by atoms with Gasteiger partial charge < -0.3 is 0 Å². The van der Waals surface area contributed by atoms with Gasteiger partial charge in [-0.15, -0.1) is 0 Å². The number of amidine groups is 1. The molecule has 1 amide bonds. The summed E-state index contributed by atoms with van der Waals surface area (Å²) in [5, 5.41) is 5.41. The highest BCUT2D eigenvalue weighted by atomic mass is 32.2. The number of rotatable bonds is 3. The smallest absolute Gasteiger partial charge is 0.252 e. The van der Waals surface area contributed by atoms with Gasteiger partial charge in [-0.05, 0) is 12.0 Å². The molecule has 0 aliphatic carbocycles. The summed E-state index contributed by atoms with van der Waals surface area (Å²) in [6, 6.07) is 9.67. The zero-order valence-corrected chi connectivity index (χ0v) is 10.6. The molecule has 1 aromatic carbocycles. The monoisotopic (exact) mass is 247 g/mol. The second-order valence-electron chi connectivity index (χ2n) is 3.94. The highest BCUT2D eigenvalue weighted by Crippen LogP contribution is 2.21. The van der Waals surface area contributed by atoms with Gasteiger partial charge in [-0.3, -0.25) is 10.1 Å². The van der Waals surface area contributed by atoms with Crippen LogP contribution in [-0.4, -0.2) is 22.9 Å². The summed E-state index contributed by atoms with van der Waals surface area (Å²) in [5.41, 5.74) is 0.997. The predicted molar refractivity (Wildman–Crippen MR) is 71.3 cm³/mol. The maximum absolute atomic E-state index is 11.7. The van der Waals surface area contributed by atoms with Crippen LogP contribution in [0.5, 0.6) is 0 Å². The van der Waals surface area contributed by atoms with E-state index in [1.54, 1.807) is 11.8 Å². The molecule has 0 bridgehead atoms. The van der Waals surface area contributed by atoms with Gasteiger partial charge >= 0.3 is 0 Å². The number of aliphatic imine (C=N–C) groups is 1. The molecule has 4 heteroatoms. The van der Waals surface area contributed by atoms with Crippen molar-refractivity contribution in [2.24, 2.45) is 4.99 Å². The van der Waals surface area contributed by atoms with Gasteiger partial charge in [-0.1, -0.05) is 49.0 Å². The van der Waals surface area contributed by atoms with Crippen molar-refractivity contribution < 1.29 is 4.79 Å². The number of hydrogen-bond donors (Lipinski definition) is 0. The molecule has 0 aromatic heterocycles. The fourth-order valence-electron chi connectivity index (χ4n) is 1.59. The lowest BCUT2D eigenvalue weighted by Crippen LogP contribution is -2.10. The lowest BCUT2D eigenvalue weighted by atomic mass is 10.1. The molecule has 1 unspecified atom stereocenters. The Balaban J connectivity index is 1.92. The Labute approximate surface area is 106 Å². The van der Waals surface area contributed by atoms with Crippen molar-refractivity contribution in [2.75, 3.05) is 6.54 Å². The third-order valence-corrected chi connectivity index (χ3v) is 3.82. The average Bonchev–Trinajstić information content (AvgIpc) is 2.78. The Hall–Kier alpha value is -1.29. The van der Waals surface area contributed by atoms with Crippen LogP contribution in [0.2, 0.25) is 0 Å². The predicted octanol–water partition coefficient (Wildman–Crippen LogP) is 2.24. The average molecular weight is 247 g/mol. The highest BCUT2D eigenvalue weighted by Gasteiger charge is 2.21. The molecule has 17 heavy (non-hydrogen) atoms. The van der Waals surface area contributed by atoms with E-state index in [0.717, 1.165) is 18.5 Å². The Bertz CT molecular complexity index is 417. The molecule has 1 saturated heterocycles. The summed E-state index contributed by atoms with van der Waals surface area (Å²) < 4.78 is 0. The molecular formula is C13H15N2OS. The molecule has 1 fully saturated rings. The normalized spacial score (nSPS) is 21.5. The quantitative estimate of drug-likeness (QED) is 0.822. The molecule has 1 atom stereocenters. The number of carbonyl (C=O) groups excluding carboxylic acids is 1. The maximum atomic E-state index is 11.7. The Morgan fingerprint density at radius 3 is 2.88 bits per heavy atom. The van der Waals surface area contributed by atoms with Crippen molar-refractivity contribution in [1.82, 2.24) is 5.32 Å². The van der Waals surface area contributed by atoms with E-state index in [9.17, 15) is 4.79 Å². The largest absolute Gasteiger partial charge is 0.272 e. The van der Waals surface area contributed by atoms with Crippen LogP contribution in [0, 0.1) is 0 Å². The van der Waals surface area contributed by atoms with Gasteiger partial charge in [-0.25, -0.2) is 0 Å². The first-order chi connectivity index (χ1) is 8.28. The van der Waals surface area contributed by atoms with Crippen LogP contribution >= 0.6 is 11.8 Å². The number of thioether (sulfide) groups is 1. The van der Waals surface area contributed by atoms with E-state index < -0.39 is 0 Å². The van der Waals surface area contributed by atoms with Crippen molar-refractivity contribution in [3.05, 3.63) is 35.9 Å². The zero-order chi connectivity index (χ0) is 12.1. The molecule has 2 rings (SSSR count). The number of amides is 1. The van der Waals surface area contributed by atoms with E-state index >= 15 is 0 Å². The number of nitrogens with zero attached hydrogens (tertiary/aromatic N) is 2. The van der Waals surface area contributed by atoms with Crippen LogP contribution in [0.25, 0.3) is 0 Å². The second-order valence-corrected chi connectivity index (χ2v) is 5.21. The molecule has 3 nitrogen and oxygen atoms in total.